The van der Waals surface area contributed by atoms with E-state index in [0.717, 1.165) is 32.1 Å². The Balaban J connectivity index is 4.16. The van der Waals surface area contributed by atoms with Crippen molar-refractivity contribution in [3.8, 4) is 0 Å². The highest BCUT2D eigenvalue weighted by Gasteiger charge is 2.34. The number of alkyl halides is 1. The van der Waals surface area contributed by atoms with Gasteiger partial charge in [0.15, 0.2) is 11.6 Å². The predicted octanol–water partition coefficient (Wildman–Crippen LogP) is 6.90. The Morgan fingerprint density at radius 3 is 2.20 bits per heavy atom. The second-order valence-electron chi connectivity index (χ2n) is 8.69. The van der Waals surface area contributed by atoms with E-state index in [0.29, 0.717) is 32.0 Å². The summed E-state index contributed by atoms with van der Waals surface area (Å²) in [7, 11) is 0. The molecule has 0 fully saturated rings. The van der Waals surface area contributed by atoms with Crippen LogP contribution in [0, 0.1) is 5.92 Å². The van der Waals surface area contributed by atoms with Crippen LogP contribution in [0.15, 0.2) is 0 Å². The zero-order chi connectivity index (χ0) is 23.0. The summed E-state index contributed by atoms with van der Waals surface area (Å²) in [6, 6.07) is 0. The van der Waals surface area contributed by atoms with E-state index in [9.17, 15) is 9.59 Å². The summed E-state index contributed by atoms with van der Waals surface area (Å²) >= 11 is 5.94. The minimum Gasteiger partial charge on any atom is -0.370 e. The molecule has 0 N–H and O–H groups in total. The van der Waals surface area contributed by atoms with Crippen LogP contribution in [0.1, 0.15) is 112 Å². The molecule has 0 rings (SSSR count). The number of unbranched alkanes of at least 4 members (excludes halogenated alkanes) is 4. The fraction of sp³-hybridized carbons (Fsp3) is 0.920. The number of hydrogen-bond acceptors (Lipinski definition) is 4. The highest BCUT2D eigenvalue weighted by molar-refractivity contribution is 6.31. The number of carbonyl (C=O) groups is 2. The molecule has 0 aliphatic heterocycles. The lowest BCUT2D eigenvalue weighted by molar-refractivity contribution is -0.142. The van der Waals surface area contributed by atoms with E-state index < -0.39 is 11.0 Å². The van der Waals surface area contributed by atoms with Gasteiger partial charge in [-0.1, -0.05) is 59.8 Å². The number of hydrogen-bond donors (Lipinski definition) is 0. The summed E-state index contributed by atoms with van der Waals surface area (Å²) < 4.78 is 11.9. The summed E-state index contributed by atoms with van der Waals surface area (Å²) in [6.45, 7) is 13.1. The Bertz CT molecular complexity index is 466. The fourth-order valence-electron chi connectivity index (χ4n) is 3.58. The smallest absolute Gasteiger partial charge is 0.181 e. The van der Waals surface area contributed by atoms with Crippen LogP contribution in [0.4, 0.5) is 0 Å². The lowest BCUT2D eigenvalue weighted by atomic mass is 9.95. The normalized spacial score (nSPS) is 16.6. The maximum atomic E-state index is 12.5. The van der Waals surface area contributed by atoms with Gasteiger partial charge in [-0.2, -0.15) is 0 Å². The summed E-state index contributed by atoms with van der Waals surface area (Å²) in [5.41, 5.74) is -0.814. The largest absolute Gasteiger partial charge is 0.370 e. The molecule has 0 heterocycles. The molecule has 5 heteroatoms. The van der Waals surface area contributed by atoms with Gasteiger partial charge in [0, 0.05) is 13.0 Å². The molecular weight excluding hydrogens is 400 g/mol. The fourth-order valence-corrected chi connectivity index (χ4v) is 3.81. The van der Waals surface area contributed by atoms with E-state index in [1.54, 1.807) is 6.92 Å². The maximum absolute atomic E-state index is 12.5. The molecule has 0 radical (unpaired) electrons. The molecule has 4 atom stereocenters. The van der Waals surface area contributed by atoms with Gasteiger partial charge in [-0.25, -0.2) is 0 Å². The van der Waals surface area contributed by atoms with Crippen LogP contribution in [0.3, 0.4) is 0 Å². The van der Waals surface area contributed by atoms with Crippen LogP contribution in [-0.2, 0) is 19.1 Å². The van der Waals surface area contributed by atoms with Gasteiger partial charge in [0.2, 0.25) is 0 Å². The molecule has 0 bridgehead atoms. The van der Waals surface area contributed by atoms with Crippen molar-refractivity contribution in [1.82, 2.24) is 0 Å². The van der Waals surface area contributed by atoms with Crippen LogP contribution >= 0.6 is 11.6 Å². The van der Waals surface area contributed by atoms with Crippen molar-refractivity contribution in [2.45, 2.75) is 129 Å². The standard InChI is InChI=1S/C25H47ClO4/c1-7-11-13-16-21(8-2)19-29-23(9-3)22(27)17-14-12-15-18-30-25(6,10-4)24(28)20(5)26/h20-21,23H,7-19H2,1-6H3. The Labute approximate surface area is 190 Å². The van der Waals surface area contributed by atoms with Gasteiger partial charge in [0.25, 0.3) is 0 Å². The van der Waals surface area contributed by atoms with Crippen molar-refractivity contribution in [2.75, 3.05) is 13.2 Å². The van der Waals surface area contributed by atoms with Crippen molar-refractivity contribution in [3.05, 3.63) is 0 Å². The topological polar surface area (TPSA) is 52.6 Å². The molecule has 0 aromatic heterocycles. The Kier molecular flexibility index (Phi) is 16.9. The minimum absolute atomic E-state index is 0.0649. The summed E-state index contributed by atoms with van der Waals surface area (Å²) in [5.74, 6) is 0.707. The zero-order valence-corrected chi connectivity index (χ0v) is 21.2. The van der Waals surface area contributed by atoms with E-state index in [-0.39, 0.29) is 17.7 Å². The third kappa shape index (κ3) is 11.8. The second-order valence-corrected chi connectivity index (χ2v) is 9.35. The van der Waals surface area contributed by atoms with Crippen LogP contribution in [0.5, 0.6) is 0 Å². The quantitative estimate of drug-likeness (QED) is 0.151. The van der Waals surface area contributed by atoms with E-state index in [2.05, 4.69) is 13.8 Å². The number of carbonyl (C=O) groups excluding carboxylic acids is 2. The average Bonchev–Trinajstić information content (AvgIpc) is 2.74. The lowest BCUT2D eigenvalue weighted by Gasteiger charge is -2.28. The molecule has 0 aromatic rings. The van der Waals surface area contributed by atoms with Crippen molar-refractivity contribution in [3.63, 3.8) is 0 Å². The number of Topliss-reactive ketones (excluding diaryl/α,β-unsaturated/α-hetero) is 2. The van der Waals surface area contributed by atoms with Crippen molar-refractivity contribution in [2.24, 2.45) is 5.92 Å². The number of rotatable bonds is 20. The minimum atomic E-state index is -0.814. The first-order valence-corrected chi connectivity index (χ1v) is 12.7. The summed E-state index contributed by atoms with van der Waals surface area (Å²) in [6.07, 6.45) is 10.2. The van der Waals surface area contributed by atoms with Gasteiger partial charge in [-0.05, 0) is 51.9 Å². The molecule has 4 nitrogen and oxygen atoms in total. The predicted molar refractivity (Wildman–Crippen MR) is 126 cm³/mol. The van der Waals surface area contributed by atoms with Gasteiger partial charge in [0.1, 0.15) is 11.7 Å². The van der Waals surface area contributed by atoms with E-state index in [1.807, 2.05) is 20.8 Å². The SMILES string of the molecule is CCCCCC(CC)COC(CC)C(=O)CCCCCOC(C)(CC)C(=O)C(C)Cl. The molecule has 0 saturated carbocycles. The Morgan fingerprint density at radius 2 is 1.67 bits per heavy atom. The molecule has 30 heavy (non-hydrogen) atoms. The lowest BCUT2D eigenvalue weighted by Crippen LogP contribution is -2.42. The van der Waals surface area contributed by atoms with Gasteiger partial charge in [-0.3, -0.25) is 9.59 Å². The molecule has 0 aliphatic carbocycles. The van der Waals surface area contributed by atoms with Crippen LogP contribution in [0.25, 0.3) is 0 Å². The highest BCUT2D eigenvalue weighted by Crippen LogP contribution is 2.22. The van der Waals surface area contributed by atoms with E-state index in [4.69, 9.17) is 21.1 Å². The molecule has 0 aromatic carbocycles. The molecule has 4 unspecified atom stereocenters. The third-order valence-electron chi connectivity index (χ3n) is 6.10. The summed E-state index contributed by atoms with van der Waals surface area (Å²) in [5, 5.41) is -0.544. The van der Waals surface area contributed by atoms with Crippen LogP contribution in [0.2, 0.25) is 0 Å². The van der Waals surface area contributed by atoms with Gasteiger partial charge in [-0.15, -0.1) is 11.6 Å². The van der Waals surface area contributed by atoms with Gasteiger partial charge >= 0.3 is 0 Å². The van der Waals surface area contributed by atoms with Crippen LogP contribution in [-0.4, -0.2) is 41.9 Å². The Hall–Kier alpha value is -0.450. The number of ketones is 2. The third-order valence-corrected chi connectivity index (χ3v) is 6.30. The van der Waals surface area contributed by atoms with E-state index in [1.165, 1.54) is 25.7 Å². The maximum Gasteiger partial charge on any atom is 0.181 e. The molecule has 0 aliphatic rings. The average molecular weight is 447 g/mol. The zero-order valence-electron chi connectivity index (χ0n) is 20.4. The van der Waals surface area contributed by atoms with E-state index >= 15 is 0 Å². The van der Waals surface area contributed by atoms with Gasteiger partial charge in [0.05, 0.1) is 12.0 Å². The van der Waals surface area contributed by atoms with Gasteiger partial charge < -0.3 is 9.47 Å². The molecular formula is C25H47ClO4. The van der Waals surface area contributed by atoms with Crippen molar-refractivity contribution >= 4 is 23.2 Å². The summed E-state index contributed by atoms with van der Waals surface area (Å²) in [4.78, 5) is 24.7. The first-order valence-electron chi connectivity index (χ1n) is 12.2. The van der Waals surface area contributed by atoms with Crippen molar-refractivity contribution < 1.29 is 19.1 Å². The first kappa shape index (κ1) is 29.5. The van der Waals surface area contributed by atoms with Crippen molar-refractivity contribution in [1.29, 1.82) is 0 Å². The Morgan fingerprint density at radius 1 is 0.967 bits per heavy atom. The molecule has 0 spiro atoms. The number of halogens is 1. The number of ether oxygens (including phenoxy) is 2. The molecule has 0 amide bonds. The van der Waals surface area contributed by atoms with Crippen LogP contribution < -0.4 is 0 Å². The monoisotopic (exact) mass is 446 g/mol. The first-order chi connectivity index (χ1) is 14.2. The highest BCUT2D eigenvalue weighted by atomic mass is 35.5. The second kappa shape index (κ2) is 17.1. The molecule has 178 valence electrons. The molecule has 0 saturated heterocycles.